The number of nitrogens with one attached hydrogen (secondary N) is 1. The third-order valence-corrected chi connectivity index (χ3v) is 4.51. The van der Waals surface area contributed by atoms with E-state index in [1.54, 1.807) is 15.4 Å². The van der Waals surface area contributed by atoms with Gasteiger partial charge in [0.25, 0.3) is 5.78 Å². The van der Waals surface area contributed by atoms with Crippen molar-refractivity contribution in [3.8, 4) is 5.69 Å². The standard InChI is InChI=1S/C20H21N7O/c1-13-11-14(2)27-20(22-13)24-18(25-27)12-19(28)23-15(3)16-7-4-5-8-17(16)26-10-6-9-21-26/h4-11,15H,12H2,1-3H3,(H,23,28). The summed E-state index contributed by atoms with van der Waals surface area (Å²) in [5.41, 5.74) is 3.72. The molecule has 0 aliphatic heterocycles. The minimum absolute atomic E-state index is 0.0934. The molecule has 0 aliphatic carbocycles. The normalized spacial score (nSPS) is 12.2. The molecule has 8 heteroatoms. The lowest BCUT2D eigenvalue weighted by atomic mass is 10.1. The predicted octanol–water partition coefficient (Wildman–Crippen LogP) is 2.35. The SMILES string of the molecule is Cc1cc(C)n2nc(CC(=O)NC(C)c3ccccc3-n3cccn3)nc2n1. The number of carbonyl (C=O) groups excluding carboxylic acids is 1. The molecule has 3 aromatic heterocycles. The van der Waals surface area contributed by atoms with Crippen molar-refractivity contribution in [3.05, 3.63) is 71.6 Å². The molecule has 4 aromatic rings. The van der Waals surface area contributed by atoms with Crippen molar-refractivity contribution in [1.82, 2.24) is 34.7 Å². The number of fused-ring (bicyclic) bond motifs is 1. The highest BCUT2D eigenvalue weighted by atomic mass is 16.1. The number of benzene rings is 1. The first-order valence-corrected chi connectivity index (χ1v) is 9.09. The number of aromatic nitrogens is 6. The number of nitrogens with zero attached hydrogens (tertiary/aromatic N) is 6. The monoisotopic (exact) mass is 375 g/mol. The molecule has 8 nitrogen and oxygen atoms in total. The van der Waals surface area contributed by atoms with Crippen molar-refractivity contribution in [2.45, 2.75) is 33.2 Å². The second kappa shape index (κ2) is 7.22. The third-order valence-electron chi connectivity index (χ3n) is 4.51. The highest BCUT2D eigenvalue weighted by Gasteiger charge is 2.17. The van der Waals surface area contributed by atoms with Crippen molar-refractivity contribution < 1.29 is 4.79 Å². The molecule has 0 saturated carbocycles. The number of carbonyl (C=O) groups is 1. The average Bonchev–Trinajstić information content (AvgIpc) is 3.31. The molecular formula is C20H21N7O. The van der Waals surface area contributed by atoms with E-state index in [-0.39, 0.29) is 18.4 Å². The third kappa shape index (κ3) is 3.48. The lowest BCUT2D eigenvalue weighted by Crippen LogP contribution is -2.29. The van der Waals surface area contributed by atoms with Gasteiger partial charge in [0.1, 0.15) is 0 Å². The quantitative estimate of drug-likeness (QED) is 0.578. The minimum atomic E-state index is -0.188. The highest BCUT2D eigenvalue weighted by molar-refractivity contribution is 5.78. The van der Waals surface area contributed by atoms with Crippen molar-refractivity contribution in [1.29, 1.82) is 0 Å². The molecule has 1 aromatic carbocycles. The maximum Gasteiger partial charge on any atom is 0.252 e. The summed E-state index contributed by atoms with van der Waals surface area (Å²) >= 11 is 0. The fraction of sp³-hybridized carbons (Fsp3) is 0.250. The lowest BCUT2D eigenvalue weighted by molar-refractivity contribution is -0.121. The topological polar surface area (TPSA) is 90.0 Å². The van der Waals surface area contributed by atoms with Gasteiger partial charge >= 0.3 is 0 Å². The molecule has 1 N–H and O–H groups in total. The Morgan fingerprint density at radius 1 is 1.18 bits per heavy atom. The van der Waals surface area contributed by atoms with Gasteiger partial charge in [-0.05, 0) is 44.5 Å². The minimum Gasteiger partial charge on any atom is -0.349 e. The summed E-state index contributed by atoms with van der Waals surface area (Å²) in [6.07, 6.45) is 3.70. The number of hydrogen-bond donors (Lipinski definition) is 1. The molecule has 0 spiro atoms. The summed E-state index contributed by atoms with van der Waals surface area (Å²) in [4.78, 5) is 21.3. The van der Waals surface area contributed by atoms with Gasteiger partial charge < -0.3 is 5.32 Å². The molecule has 0 radical (unpaired) electrons. The number of hydrogen-bond acceptors (Lipinski definition) is 5. The first kappa shape index (κ1) is 17.8. The molecule has 28 heavy (non-hydrogen) atoms. The van der Waals surface area contributed by atoms with Crippen LogP contribution in [0.15, 0.2) is 48.8 Å². The van der Waals surface area contributed by atoms with Crippen LogP contribution >= 0.6 is 0 Å². The Bertz CT molecular complexity index is 1130. The van der Waals surface area contributed by atoms with Crippen molar-refractivity contribution in [3.63, 3.8) is 0 Å². The van der Waals surface area contributed by atoms with E-state index in [9.17, 15) is 4.79 Å². The zero-order valence-electron chi connectivity index (χ0n) is 16.0. The molecule has 0 saturated heterocycles. The van der Waals surface area contributed by atoms with Gasteiger partial charge in [-0.2, -0.15) is 10.1 Å². The van der Waals surface area contributed by atoms with E-state index in [0.29, 0.717) is 11.6 Å². The second-order valence-electron chi connectivity index (χ2n) is 6.75. The molecular weight excluding hydrogens is 354 g/mol. The molecule has 1 amide bonds. The van der Waals surface area contributed by atoms with E-state index in [0.717, 1.165) is 22.6 Å². The van der Waals surface area contributed by atoms with Crippen LogP contribution in [-0.4, -0.2) is 35.3 Å². The van der Waals surface area contributed by atoms with Crippen LogP contribution in [0.3, 0.4) is 0 Å². The van der Waals surface area contributed by atoms with Gasteiger partial charge in [-0.25, -0.2) is 14.2 Å². The number of para-hydroxylation sites is 1. The van der Waals surface area contributed by atoms with Crippen LogP contribution in [-0.2, 0) is 11.2 Å². The van der Waals surface area contributed by atoms with Gasteiger partial charge in [0.15, 0.2) is 5.82 Å². The Balaban J connectivity index is 1.51. The smallest absolute Gasteiger partial charge is 0.252 e. The summed E-state index contributed by atoms with van der Waals surface area (Å²) in [5.74, 6) is 0.816. The zero-order valence-corrected chi connectivity index (χ0v) is 16.0. The largest absolute Gasteiger partial charge is 0.349 e. The lowest BCUT2D eigenvalue weighted by Gasteiger charge is -2.17. The molecule has 3 heterocycles. The summed E-state index contributed by atoms with van der Waals surface area (Å²) in [5, 5.41) is 11.7. The summed E-state index contributed by atoms with van der Waals surface area (Å²) in [6, 6.07) is 11.5. The van der Waals surface area contributed by atoms with Crippen molar-refractivity contribution in [2.75, 3.05) is 0 Å². The summed E-state index contributed by atoms with van der Waals surface area (Å²) in [6.45, 7) is 5.80. The predicted molar refractivity (Wildman–Crippen MR) is 104 cm³/mol. The fourth-order valence-electron chi connectivity index (χ4n) is 3.27. The van der Waals surface area contributed by atoms with Crippen LogP contribution in [0.4, 0.5) is 0 Å². The molecule has 1 atom stereocenters. The maximum absolute atomic E-state index is 12.6. The summed E-state index contributed by atoms with van der Waals surface area (Å²) < 4.78 is 3.45. The molecule has 1 unspecified atom stereocenters. The summed E-state index contributed by atoms with van der Waals surface area (Å²) in [7, 11) is 0. The van der Waals surface area contributed by atoms with Gasteiger partial charge in [-0.1, -0.05) is 18.2 Å². The maximum atomic E-state index is 12.6. The van der Waals surface area contributed by atoms with E-state index in [1.807, 2.05) is 63.4 Å². The molecule has 0 aliphatic rings. The van der Waals surface area contributed by atoms with E-state index >= 15 is 0 Å². The van der Waals surface area contributed by atoms with Crippen LogP contribution in [0.2, 0.25) is 0 Å². The van der Waals surface area contributed by atoms with Crippen LogP contribution in [0.5, 0.6) is 0 Å². The Labute approximate surface area is 162 Å². The van der Waals surface area contributed by atoms with Crippen LogP contribution in [0, 0.1) is 13.8 Å². The fourth-order valence-corrected chi connectivity index (χ4v) is 3.27. The Hall–Kier alpha value is -3.55. The Morgan fingerprint density at radius 2 is 2.00 bits per heavy atom. The van der Waals surface area contributed by atoms with E-state index < -0.39 is 0 Å². The van der Waals surface area contributed by atoms with Crippen molar-refractivity contribution in [2.24, 2.45) is 0 Å². The molecule has 4 rings (SSSR count). The highest BCUT2D eigenvalue weighted by Crippen LogP contribution is 2.21. The van der Waals surface area contributed by atoms with Crippen LogP contribution in [0.1, 0.15) is 35.7 Å². The van der Waals surface area contributed by atoms with Crippen LogP contribution < -0.4 is 5.32 Å². The van der Waals surface area contributed by atoms with E-state index in [1.165, 1.54) is 0 Å². The van der Waals surface area contributed by atoms with E-state index in [4.69, 9.17) is 0 Å². The Kier molecular flexibility index (Phi) is 4.60. The molecule has 0 bridgehead atoms. The number of aryl methyl sites for hydroxylation is 2. The second-order valence-corrected chi connectivity index (χ2v) is 6.75. The average molecular weight is 375 g/mol. The van der Waals surface area contributed by atoms with Gasteiger partial charge in [-0.15, -0.1) is 5.10 Å². The molecule has 142 valence electrons. The Morgan fingerprint density at radius 3 is 2.79 bits per heavy atom. The zero-order chi connectivity index (χ0) is 19.7. The first-order chi connectivity index (χ1) is 13.5. The van der Waals surface area contributed by atoms with Gasteiger partial charge in [0.05, 0.1) is 18.2 Å². The van der Waals surface area contributed by atoms with Crippen molar-refractivity contribution >= 4 is 11.7 Å². The van der Waals surface area contributed by atoms with Gasteiger partial charge in [0, 0.05) is 23.8 Å². The number of amides is 1. The first-order valence-electron chi connectivity index (χ1n) is 9.09. The van der Waals surface area contributed by atoms with Gasteiger partial charge in [0.2, 0.25) is 5.91 Å². The van der Waals surface area contributed by atoms with E-state index in [2.05, 4.69) is 25.5 Å². The van der Waals surface area contributed by atoms with Gasteiger partial charge in [-0.3, -0.25) is 4.79 Å². The van der Waals surface area contributed by atoms with Crippen LogP contribution in [0.25, 0.3) is 11.5 Å². The molecule has 0 fully saturated rings. The number of rotatable bonds is 5.